The molecule has 1 aliphatic rings. The fraction of sp³-hybridized carbons (Fsp3) is 0.0588. The van der Waals surface area contributed by atoms with E-state index in [1.54, 1.807) is 41.1 Å². The van der Waals surface area contributed by atoms with Gasteiger partial charge in [-0.3, -0.25) is 9.69 Å². The average Bonchev–Trinajstić information content (AvgIpc) is 3.09. The van der Waals surface area contributed by atoms with Gasteiger partial charge in [0.15, 0.2) is 0 Å². The van der Waals surface area contributed by atoms with E-state index in [-0.39, 0.29) is 18.1 Å². The summed E-state index contributed by atoms with van der Waals surface area (Å²) < 4.78 is 14.8. The molecule has 2 heterocycles. The van der Waals surface area contributed by atoms with E-state index in [4.69, 9.17) is 0 Å². The number of nitrogens with one attached hydrogen (secondary N) is 1. The van der Waals surface area contributed by atoms with Crippen molar-refractivity contribution in [1.82, 2.24) is 14.8 Å². The van der Waals surface area contributed by atoms with Gasteiger partial charge in [0.2, 0.25) is 0 Å². The summed E-state index contributed by atoms with van der Waals surface area (Å²) in [6, 6.07) is 9.12. The van der Waals surface area contributed by atoms with Crippen LogP contribution < -0.4 is 5.32 Å². The smallest absolute Gasteiger partial charge is 0.317 e. The molecule has 0 radical (unpaired) electrons. The Labute approximate surface area is 132 Å². The van der Waals surface area contributed by atoms with Crippen molar-refractivity contribution in [3.63, 3.8) is 0 Å². The summed E-state index contributed by atoms with van der Waals surface area (Å²) >= 11 is 0. The molecule has 3 rings (SSSR count). The third kappa shape index (κ3) is 2.78. The largest absolute Gasteiger partial charge is 0.329 e. The van der Waals surface area contributed by atoms with Crippen LogP contribution in [0.5, 0.6) is 0 Å². The summed E-state index contributed by atoms with van der Waals surface area (Å²) in [5.41, 5.74) is 1.64. The van der Waals surface area contributed by atoms with E-state index < -0.39 is 11.9 Å². The number of rotatable bonds is 4. The van der Waals surface area contributed by atoms with Crippen LogP contribution in [0.4, 0.5) is 9.18 Å². The molecule has 23 heavy (non-hydrogen) atoms. The van der Waals surface area contributed by atoms with Crippen molar-refractivity contribution < 1.29 is 14.0 Å². The van der Waals surface area contributed by atoms with E-state index in [2.05, 4.69) is 11.9 Å². The zero-order valence-electron chi connectivity index (χ0n) is 12.2. The first-order valence-corrected chi connectivity index (χ1v) is 6.99. The fourth-order valence-electron chi connectivity index (χ4n) is 2.36. The van der Waals surface area contributed by atoms with Crippen molar-refractivity contribution in [3.05, 3.63) is 72.5 Å². The zero-order chi connectivity index (χ0) is 16.4. The number of hydrogen-bond donors (Lipinski definition) is 1. The van der Waals surface area contributed by atoms with Crippen molar-refractivity contribution in [2.75, 3.05) is 6.54 Å². The van der Waals surface area contributed by atoms with Crippen molar-refractivity contribution in [2.24, 2.45) is 0 Å². The number of benzene rings is 1. The van der Waals surface area contributed by atoms with Gasteiger partial charge < -0.3 is 9.88 Å². The Morgan fingerprint density at radius 3 is 2.61 bits per heavy atom. The van der Waals surface area contributed by atoms with Crippen LogP contribution in [0.25, 0.3) is 11.8 Å². The number of urea groups is 1. The lowest BCUT2D eigenvalue weighted by Gasteiger charge is -2.08. The number of amides is 3. The first-order valence-electron chi connectivity index (χ1n) is 6.99. The van der Waals surface area contributed by atoms with E-state index in [0.29, 0.717) is 5.69 Å². The predicted molar refractivity (Wildman–Crippen MR) is 84.1 cm³/mol. The molecule has 1 aromatic heterocycles. The maximum Gasteiger partial charge on any atom is 0.329 e. The van der Waals surface area contributed by atoms with Crippen LogP contribution in [0.3, 0.4) is 0 Å². The van der Waals surface area contributed by atoms with Crippen LogP contribution in [0, 0.1) is 5.82 Å². The number of hydrogen-bond acceptors (Lipinski definition) is 2. The number of carbonyl (C=O) groups excluding carboxylic acids is 2. The molecule has 1 N–H and O–H groups in total. The average molecular weight is 311 g/mol. The topological polar surface area (TPSA) is 54.3 Å². The molecule has 5 nitrogen and oxygen atoms in total. The SMILES string of the molecule is C=CCN1C(=O)N/C(=C/c2cccn2-c2ccc(F)cc2)C1=O. The summed E-state index contributed by atoms with van der Waals surface area (Å²) in [4.78, 5) is 25.0. The molecular weight excluding hydrogens is 297 g/mol. The highest BCUT2D eigenvalue weighted by Crippen LogP contribution is 2.18. The molecule has 0 unspecified atom stereocenters. The Morgan fingerprint density at radius 2 is 1.91 bits per heavy atom. The number of aromatic nitrogens is 1. The Morgan fingerprint density at radius 1 is 1.17 bits per heavy atom. The summed E-state index contributed by atoms with van der Waals surface area (Å²) in [7, 11) is 0. The van der Waals surface area contributed by atoms with Crippen LogP contribution in [0.15, 0.2) is 60.9 Å². The Balaban J connectivity index is 1.94. The van der Waals surface area contributed by atoms with Gasteiger partial charge in [-0.1, -0.05) is 6.08 Å². The lowest BCUT2D eigenvalue weighted by atomic mass is 10.2. The van der Waals surface area contributed by atoms with Crippen LogP contribution in [-0.2, 0) is 4.79 Å². The summed E-state index contributed by atoms with van der Waals surface area (Å²) in [5, 5.41) is 2.54. The fourth-order valence-corrected chi connectivity index (χ4v) is 2.36. The van der Waals surface area contributed by atoms with Crippen molar-refractivity contribution in [3.8, 4) is 5.69 Å². The highest BCUT2D eigenvalue weighted by Gasteiger charge is 2.32. The van der Waals surface area contributed by atoms with E-state index in [9.17, 15) is 14.0 Å². The third-order valence-electron chi connectivity index (χ3n) is 3.45. The molecule has 0 saturated carbocycles. The summed E-state index contributed by atoms with van der Waals surface area (Å²) in [6.45, 7) is 3.68. The second-order valence-electron chi connectivity index (χ2n) is 4.97. The minimum Gasteiger partial charge on any atom is -0.317 e. The van der Waals surface area contributed by atoms with E-state index in [1.165, 1.54) is 18.2 Å². The lowest BCUT2D eigenvalue weighted by Crippen LogP contribution is -2.30. The van der Waals surface area contributed by atoms with Gasteiger partial charge in [-0.05, 0) is 42.5 Å². The first kappa shape index (κ1) is 14.8. The standard InChI is InChI=1S/C17H14FN3O2/c1-2-9-21-16(22)15(19-17(21)23)11-14-4-3-10-20(14)13-7-5-12(18)6-8-13/h2-8,10-11H,1,9H2,(H,19,23)/b15-11+. The molecule has 1 saturated heterocycles. The van der Waals surface area contributed by atoms with Crippen LogP contribution in [0.2, 0.25) is 0 Å². The summed E-state index contributed by atoms with van der Waals surface area (Å²) in [6.07, 6.45) is 4.87. The van der Waals surface area contributed by atoms with Gasteiger partial charge in [-0.2, -0.15) is 0 Å². The van der Waals surface area contributed by atoms with Crippen molar-refractivity contribution in [1.29, 1.82) is 0 Å². The molecule has 0 spiro atoms. The number of nitrogens with zero attached hydrogens (tertiary/aromatic N) is 2. The molecule has 0 aliphatic carbocycles. The summed E-state index contributed by atoms with van der Waals surface area (Å²) in [5.74, 6) is -0.721. The molecule has 1 fully saturated rings. The maximum atomic E-state index is 13.0. The zero-order valence-corrected chi connectivity index (χ0v) is 12.2. The quantitative estimate of drug-likeness (QED) is 0.536. The lowest BCUT2D eigenvalue weighted by molar-refractivity contribution is -0.122. The number of imide groups is 1. The van der Waals surface area contributed by atoms with Crippen LogP contribution >= 0.6 is 0 Å². The number of halogens is 1. The van der Waals surface area contributed by atoms with E-state index >= 15 is 0 Å². The van der Waals surface area contributed by atoms with Crippen molar-refractivity contribution in [2.45, 2.75) is 0 Å². The second kappa shape index (κ2) is 5.92. The van der Waals surface area contributed by atoms with Gasteiger partial charge in [0.25, 0.3) is 5.91 Å². The van der Waals surface area contributed by atoms with Gasteiger partial charge in [0.1, 0.15) is 11.5 Å². The second-order valence-corrected chi connectivity index (χ2v) is 4.97. The molecule has 6 heteroatoms. The van der Waals surface area contributed by atoms with Crippen LogP contribution in [-0.4, -0.2) is 28.0 Å². The minimum atomic E-state index is -0.471. The molecule has 2 aromatic rings. The van der Waals surface area contributed by atoms with Crippen LogP contribution in [0.1, 0.15) is 5.69 Å². The first-order chi connectivity index (χ1) is 11.1. The Hall–Kier alpha value is -3.15. The van der Waals surface area contributed by atoms with Gasteiger partial charge >= 0.3 is 6.03 Å². The van der Waals surface area contributed by atoms with Gasteiger partial charge in [0, 0.05) is 24.1 Å². The van der Waals surface area contributed by atoms with E-state index in [0.717, 1.165) is 10.6 Å². The normalized spacial score (nSPS) is 16.0. The maximum absolute atomic E-state index is 13.0. The molecule has 0 bridgehead atoms. The predicted octanol–water partition coefficient (Wildman–Crippen LogP) is 2.70. The number of carbonyl (C=O) groups is 2. The Bertz CT molecular complexity index is 806. The molecule has 1 aliphatic heterocycles. The minimum absolute atomic E-state index is 0.154. The third-order valence-corrected chi connectivity index (χ3v) is 3.45. The molecule has 0 atom stereocenters. The molecule has 1 aromatic carbocycles. The monoisotopic (exact) mass is 311 g/mol. The highest BCUT2D eigenvalue weighted by molar-refractivity contribution is 6.14. The van der Waals surface area contributed by atoms with Gasteiger partial charge in [-0.25, -0.2) is 9.18 Å². The molecular formula is C17H14FN3O2. The Kier molecular flexibility index (Phi) is 3.80. The van der Waals surface area contributed by atoms with E-state index in [1.807, 2.05) is 0 Å². The molecule has 3 amide bonds. The molecule has 116 valence electrons. The van der Waals surface area contributed by atoms with Crippen molar-refractivity contribution >= 4 is 18.0 Å². The highest BCUT2D eigenvalue weighted by atomic mass is 19.1. The van der Waals surface area contributed by atoms with Gasteiger partial charge in [0.05, 0.1) is 0 Å². The van der Waals surface area contributed by atoms with Gasteiger partial charge in [-0.15, -0.1) is 6.58 Å².